The van der Waals surface area contributed by atoms with E-state index >= 15 is 0 Å². The number of rotatable bonds is 5. The smallest absolute Gasteiger partial charge is 0.261 e. The van der Waals surface area contributed by atoms with E-state index in [-0.39, 0.29) is 16.9 Å². The first-order valence-corrected chi connectivity index (χ1v) is 9.29. The molecule has 1 amide bonds. The zero-order valence-electron chi connectivity index (χ0n) is 14.1. The van der Waals surface area contributed by atoms with E-state index in [9.17, 15) is 15.2 Å². The third-order valence-electron chi connectivity index (χ3n) is 4.08. The van der Waals surface area contributed by atoms with Crippen LogP contribution in [0.3, 0.4) is 0 Å². The molecule has 5 nitrogen and oxygen atoms in total. The van der Waals surface area contributed by atoms with Crippen LogP contribution in [-0.4, -0.2) is 22.5 Å². The number of nitriles is 1. The second kappa shape index (κ2) is 8.30. The Kier molecular flexibility index (Phi) is 5.84. The molecule has 3 rings (SSSR count). The summed E-state index contributed by atoms with van der Waals surface area (Å²) in [7, 11) is 0. The zero-order valence-corrected chi connectivity index (χ0v) is 16.4. The van der Waals surface area contributed by atoms with Crippen LogP contribution in [0, 0.1) is 11.3 Å². The second-order valence-electron chi connectivity index (χ2n) is 5.86. The second-order valence-corrected chi connectivity index (χ2v) is 7.15. The molecule has 0 aliphatic rings. The van der Waals surface area contributed by atoms with Gasteiger partial charge in [0, 0.05) is 34.2 Å². The lowest BCUT2D eigenvalue weighted by Crippen LogP contribution is -2.26. The Morgan fingerprint density at radius 2 is 2.15 bits per heavy atom. The number of nitrogens with one attached hydrogen (secondary N) is 2. The molecule has 0 fully saturated rings. The van der Waals surface area contributed by atoms with Crippen LogP contribution in [-0.2, 0) is 11.2 Å². The Hall–Kier alpha value is -2.75. The lowest BCUT2D eigenvalue weighted by Gasteiger charge is -2.06. The summed E-state index contributed by atoms with van der Waals surface area (Å²) in [5, 5.41) is 23.6. The summed E-state index contributed by atoms with van der Waals surface area (Å²) < 4.78 is 0.387. The Morgan fingerprint density at radius 3 is 2.93 bits per heavy atom. The summed E-state index contributed by atoms with van der Waals surface area (Å²) in [5.41, 5.74) is 2.30. The van der Waals surface area contributed by atoms with E-state index in [0.717, 1.165) is 16.5 Å². The maximum atomic E-state index is 12.3. The monoisotopic (exact) mass is 443 g/mol. The zero-order chi connectivity index (χ0) is 19.4. The molecule has 7 heteroatoms. The first-order valence-electron chi connectivity index (χ1n) is 8.12. The number of carbonyl (C=O) groups excluding carboxylic acids is 1. The van der Waals surface area contributed by atoms with Crippen molar-refractivity contribution in [3.63, 3.8) is 0 Å². The highest BCUT2D eigenvalue weighted by atomic mass is 79.9. The number of phenolic OH excluding ortho intramolecular Hbond substituents is 1. The van der Waals surface area contributed by atoms with Crippen LogP contribution in [0.1, 0.15) is 11.1 Å². The highest BCUT2D eigenvalue weighted by Crippen LogP contribution is 2.32. The average Bonchev–Trinajstić information content (AvgIpc) is 3.06. The fourth-order valence-corrected chi connectivity index (χ4v) is 3.58. The topological polar surface area (TPSA) is 88.9 Å². The lowest BCUT2D eigenvalue weighted by atomic mass is 10.1. The number of nitrogens with zero attached hydrogens (tertiary/aromatic N) is 1. The molecule has 0 spiro atoms. The van der Waals surface area contributed by atoms with E-state index in [4.69, 9.17) is 11.6 Å². The number of amides is 1. The van der Waals surface area contributed by atoms with Crippen molar-refractivity contribution in [3.8, 4) is 11.8 Å². The molecule has 0 aliphatic carbocycles. The molecule has 3 N–H and O–H groups in total. The van der Waals surface area contributed by atoms with Crippen molar-refractivity contribution in [3.05, 3.63) is 68.8 Å². The van der Waals surface area contributed by atoms with E-state index in [2.05, 4.69) is 26.2 Å². The molecule has 0 saturated carbocycles. The minimum Gasteiger partial charge on any atom is -0.506 e. The number of aromatic hydroxyl groups is 1. The highest BCUT2D eigenvalue weighted by molar-refractivity contribution is 9.10. The van der Waals surface area contributed by atoms with E-state index in [1.165, 1.54) is 18.2 Å². The van der Waals surface area contributed by atoms with E-state index in [0.29, 0.717) is 22.5 Å². The largest absolute Gasteiger partial charge is 0.506 e. The predicted molar refractivity (Wildman–Crippen MR) is 109 cm³/mol. The molecule has 1 heterocycles. The maximum absolute atomic E-state index is 12.3. The Bertz CT molecular complexity index is 1080. The number of phenols is 1. The summed E-state index contributed by atoms with van der Waals surface area (Å²) in [6.45, 7) is 0.380. The van der Waals surface area contributed by atoms with Crippen LogP contribution in [0.25, 0.3) is 17.0 Å². The van der Waals surface area contributed by atoms with Crippen molar-refractivity contribution in [2.75, 3.05) is 6.54 Å². The number of fused-ring (bicyclic) bond motifs is 1. The van der Waals surface area contributed by atoms with Gasteiger partial charge in [0.1, 0.15) is 17.4 Å². The maximum Gasteiger partial charge on any atom is 0.261 e. The van der Waals surface area contributed by atoms with Gasteiger partial charge in [0.05, 0.1) is 4.47 Å². The molecular formula is C20H15BrClN3O2. The van der Waals surface area contributed by atoms with E-state index in [1.54, 1.807) is 0 Å². The highest BCUT2D eigenvalue weighted by Gasteiger charge is 2.12. The van der Waals surface area contributed by atoms with Gasteiger partial charge in [-0.25, -0.2) is 0 Å². The van der Waals surface area contributed by atoms with Crippen LogP contribution in [0.15, 0.2) is 52.6 Å². The van der Waals surface area contributed by atoms with Crippen molar-refractivity contribution in [2.24, 2.45) is 0 Å². The molecule has 2 aromatic carbocycles. The van der Waals surface area contributed by atoms with Gasteiger partial charge in [-0.2, -0.15) is 5.26 Å². The molecule has 136 valence electrons. The number of aromatic nitrogens is 1. The molecule has 0 bridgehead atoms. The van der Waals surface area contributed by atoms with Crippen molar-refractivity contribution < 1.29 is 9.90 Å². The summed E-state index contributed by atoms with van der Waals surface area (Å²) in [4.78, 5) is 15.5. The fourth-order valence-electron chi connectivity index (χ4n) is 2.74. The summed E-state index contributed by atoms with van der Waals surface area (Å²) in [5.74, 6) is -0.591. The standard InChI is InChI=1S/C20H15BrClN3O2/c21-17-9-15(22)8-13(19(17)26)7-14(10-23)20(27)24-6-5-12-11-25-18-4-2-1-3-16(12)18/h1-4,7-9,11,25-26H,5-6H2,(H,24,27)/b14-7-. The normalized spacial score (nSPS) is 11.4. The molecule has 0 saturated heterocycles. The number of hydrogen-bond acceptors (Lipinski definition) is 3. The number of H-pyrrole nitrogens is 1. The first kappa shape index (κ1) is 19.0. The Morgan fingerprint density at radius 1 is 1.37 bits per heavy atom. The quantitative estimate of drug-likeness (QED) is 0.398. The number of carbonyl (C=O) groups is 1. The van der Waals surface area contributed by atoms with Gasteiger partial charge in [0.15, 0.2) is 0 Å². The molecular weight excluding hydrogens is 430 g/mol. The van der Waals surface area contributed by atoms with Crippen LogP contribution in [0.2, 0.25) is 5.02 Å². The van der Waals surface area contributed by atoms with Gasteiger partial charge in [0.25, 0.3) is 5.91 Å². The van der Waals surface area contributed by atoms with Crippen molar-refractivity contribution in [1.82, 2.24) is 10.3 Å². The minimum atomic E-state index is -0.507. The fraction of sp³-hybridized carbons (Fsp3) is 0.100. The Balaban J connectivity index is 1.70. The molecule has 3 aromatic rings. The van der Waals surface area contributed by atoms with E-state index < -0.39 is 5.91 Å². The summed E-state index contributed by atoms with van der Waals surface area (Å²) in [6.07, 6.45) is 3.86. The van der Waals surface area contributed by atoms with Gasteiger partial charge in [-0.1, -0.05) is 29.8 Å². The third kappa shape index (κ3) is 4.33. The molecule has 0 aliphatic heterocycles. The van der Waals surface area contributed by atoms with Crippen molar-refractivity contribution in [2.45, 2.75) is 6.42 Å². The lowest BCUT2D eigenvalue weighted by molar-refractivity contribution is -0.117. The van der Waals surface area contributed by atoms with Gasteiger partial charge in [-0.3, -0.25) is 4.79 Å². The first-order chi connectivity index (χ1) is 13.0. The number of aromatic amines is 1. The minimum absolute atomic E-state index is 0.0845. The average molecular weight is 445 g/mol. The number of halogens is 2. The molecule has 0 radical (unpaired) electrons. The van der Waals surface area contributed by atoms with Gasteiger partial charge >= 0.3 is 0 Å². The van der Waals surface area contributed by atoms with Gasteiger partial charge in [0.2, 0.25) is 0 Å². The SMILES string of the molecule is N#C/C(=C/c1cc(Cl)cc(Br)c1O)C(=O)NCCc1c[nH]c2ccccc12. The number of para-hydroxylation sites is 1. The number of hydrogen-bond donors (Lipinski definition) is 3. The predicted octanol–water partition coefficient (Wildman–Crippen LogP) is 4.56. The molecule has 1 aromatic heterocycles. The van der Waals surface area contributed by atoms with Crippen LogP contribution in [0.4, 0.5) is 0 Å². The summed E-state index contributed by atoms with van der Waals surface area (Å²) in [6, 6.07) is 12.8. The number of benzene rings is 2. The van der Waals surface area contributed by atoms with Crippen molar-refractivity contribution >= 4 is 50.4 Å². The third-order valence-corrected chi connectivity index (χ3v) is 4.90. The van der Waals surface area contributed by atoms with Gasteiger partial charge < -0.3 is 15.4 Å². The van der Waals surface area contributed by atoms with Crippen LogP contribution in [0.5, 0.6) is 5.75 Å². The van der Waals surface area contributed by atoms with Crippen LogP contribution < -0.4 is 5.32 Å². The van der Waals surface area contributed by atoms with Crippen molar-refractivity contribution in [1.29, 1.82) is 5.26 Å². The molecule has 0 unspecified atom stereocenters. The van der Waals surface area contributed by atoms with Gasteiger partial charge in [-0.15, -0.1) is 0 Å². The molecule has 0 atom stereocenters. The summed E-state index contributed by atoms with van der Waals surface area (Å²) >= 11 is 9.14. The van der Waals surface area contributed by atoms with Gasteiger partial charge in [-0.05, 0) is 52.2 Å². The molecule has 27 heavy (non-hydrogen) atoms. The Labute approximate surface area is 169 Å². The van der Waals surface area contributed by atoms with E-state index in [1.807, 2.05) is 36.5 Å². The van der Waals surface area contributed by atoms with Crippen LogP contribution >= 0.6 is 27.5 Å².